The number of hydrogen-bond donors (Lipinski definition) is 2. The van der Waals surface area contributed by atoms with Gasteiger partial charge in [0.25, 0.3) is 0 Å². The fourth-order valence-electron chi connectivity index (χ4n) is 1.64. The van der Waals surface area contributed by atoms with Crippen molar-refractivity contribution in [3.8, 4) is 0 Å². The van der Waals surface area contributed by atoms with E-state index in [0.717, 1.165) is 21.4 Å². The van der Waals surface area contributed by atoms with Gasteiger partial charge in [-0.2, -0.15) is 0 Å². The molecule has 0 amide bonds. The predicted octanol–water partition coefficient (Wildman–Crippen LogP) is 3.84. The lowest BCUT2D eigenvalue weighted by molar-refractivity contribution is 0.318. The van der Waals surface area contributed by atoms with Crippen LogP contribution in [0.4, 0.5) is 0 Å². The summed E-state index contributed by atoms with van der Waals surface area (Å²) in [7, 11) is 0. The highest BCUT2D eigenvalue weighted by molar-refractivity contribution is 9.10. The second kappa shape index (κ2) is 6.63. The van der Waals surface area contributed by atoms with Crippen LogP contribution in [0.15, 0.2) is 63.1 Å². The second-order valence-corrected chi connectivity index (χ2v) is 5.85. The third kappa shape index (κ3) is 3.75. The van der Waals surface area contributed by atoms with Gasteiger partial charge >= 0.3 is 0 Å². The van der Waals surface area contributed by atoms with Gasteiger partial charge in [0.15, 0.2) is 5.84 Å². The molecule has 3 nitrogen and oxygen atoms in total. The molecule has 3 N–H and O–H groups in total. The van der Waals surface area contributed by atoms with Crippen molar-refractivity contribution in [3.05, 3.63) is 64.1 Å². The summed E-state index contributed by atoms with van der Waals surface area (Å²) < 4.78 is 1.06. The van der Waals surface area contributed by atoms with Gasteiger partial charge in [-0.05, 0) is 29.8 Å². The molecule has 0 radical (unpaired) electrons. The summed E-state index contributed by atoms with van der Waals surface area (Å²) in [6.45, 7) is 0. The molecule has 2 aromatic rings. The maximum absolute atomic E-state index is 8.78. The van der Waals surface area contributed by atoms with Crippen molar-refractivity contribution in [2.75, 3.05) is 0 Å². The molecule has 5 heteroatoms. The molecule has 0 unspecified atom stereocenters. The number of amidine groups is 1. The minimum Gasteiger partial charge on any atom is -0.409 e. The van der Waals surface area contributed by atoms with Crippen molar-refractivity contribution in [1.82, 2.24) is 0 Å². The van der Waals surface area contributed by atoms with Crippen molar-refractivity contribution in [2.24, 2.45) is 10.9 Å². The normalized spacial score (nSPS) is 11.5. The molecular weight excluding hydrogens is 324 g/mol. The van der Waals surface area contributed by atoms with Gasteiger partial charge in [-0.25, -0.2) is 0 Å². The number of thioether (sulfide) groups is 1. The molecule has 0 saturated carbocycles. The molecular formula is C14H13BrN2OS. The highest BCUT2D eigenvalue weighted by Gasteiger charge is 2.06. The van der Waals surface area contributed by atoms with E-state index in [-0.39, 0.29) is 5.84 Å². The molecule has 0 spiro atoms. The van der Waals surface area contributed by atoms with Crippen molar-refractivity contribution in [2.45, 2.75) is 10.6 Å². The number of nitrogens with two attached hydrogens (primary N) is 1. The highest BCUT2D eigenvalue weighted by atomic mass is 79.9. The monoisotopic (exact) mass is 336 g/mol. The number of rotatable bonds is 4. The van der Waals surface area contributed by atoms with E-state index in [1.54, 1.807) is 11.8 Å². The maximum Gasteiger partial charge on any atom is 0.170 e. The molecule has 19 heavy (non-hydrogen) atoms. The minimum absolute atomic E-state index is 0.145. The fraction of sp³-hybridized carbons (Fsp3) is 0.0714. The number of halogens is 1. The van der Waals surface area contributed by atoms with E-state index in [9.17, 15) is 0 Å². The SMILES string of the molecule is N/C(=N\O)c1ccccc1CSc1ccc(Br)cc1. The van der Waals surface area contributed by atoms with Crippen LogP contribution in [0.3, 0.4) is 0 Å². The Kier molecular flexibility index (Phi) is 4.87. The van der Waals surface area contributed by atoms with Crippen LogP contribution in [0, 0.1) is 0 Å². The van der Waals surface area contributed by atoms with E-state index in [1.807, 2.05) is 36.4 Å². The van der Waals surface area contributed by atoms with Gasteiger partial charge in [-0.1, -0.05) is 45.4 Å². The molecule has 98 valence electrons. The third-order valence-electron chi connectivity index (χ3n) is 2.61. The molecule has 0 atom stereocenters. The Morgan fingerprint density at radius 2 is 1.84 bits per heavy atom. The molecule has 0 saturated heterocycles. The number of benzene rings is 2. The van der Waals surface area contributed by atoms with E-state index in [4.69, 9.17) is 10.9 Å². The van der Waals surface area contributed by atoms with Crippen LogP contribution in [0.25, 0.3) is 0 Å². The zero-order chi connectivity index (χ0) is 13.7. The Bertz CT molecular complexity index is 584. The average Bonchev–Trinajstić information content (AvgIpc) is 2.46. The molecule has 0 fully saturated rings. The number of nitrogens with zero attached hydrogens (tertiary/aromatic N) is 1. The van der Waals surface area contributed by atoms with E-state index in [1.165, 1.54) is 4.90 Å². The summed E-state index contributed by atoms with van der Waals surface area (Å²) in [4.78, 5) is 1.18. The van der Waals surface area contributed by atoms with Gasteiger partial charge < -0.3 is 10.9 Å². The molecule has 2 rings (SSSR count). The van der Waals surface area contributed by atoms with Gasteiger partial charge in [0.2, 0.25) is 0 Å². The minimum atomic E-state index is 0.145. The molecule has 0 aliphatic carbocycles. The summed E-state index contributed by atoms with van der Waals surface area (Å²) in [5.41, 5.74) is 7.49. The summed E-state index contributed by atoms with van der Waals surface area (Å²) in [6, 6.07) is 15.8. The Balaban J connectivity index is 2.13. The zero-order valence-corrected chi connectivity index (χ0v) is 12.5. The van der Waals surface area contributed by atoms with Crippen molar-refractivity contribution < 1.29 is 5.21 Å². The molecule has 0 aromatic heterocycles. The smallest absolute Gasteiger partial charge is 0.170 e. The van der Waals surface area contributed by atoms with Crippen LogP contribution in [-0.4, -0.2) is 11.0 Å². The van der Waals surface area contributed by atoms with E-state index >= 15 is 0 Å². The molecule has 0 heterocycles. The summed E-state index contributed by atoms with van der Waals surface area (Å²) in [5, 5.41) is 11.8. The lowest BCUT2D eigenvalue weighted by Gasteiger charge is -2.08. The number of oxime groups is 1. The lowest BCUT2D eigenvalue weighted by atomic mass is 10.1. The lowest BCUT2D eigenvalue weighted by Crippen LogP contribution is -2.15. The summed E-state index contributed by atoms with van der Waals surface area (Å²) in [5.74, 6) is 0.917. The Morgan fingerprint density at radius 3 is 2.53 bits per heavy atom. The first-order valence-corrected chi connectivity index (χ1v) is 7.42. The van der Waals surface area contributed by atoms with Gasteiger partial charge in [-0.3, -0.25) is 0 Å². The first-order valence-electron chi connectivity index (χ1n) is 5.65. The van der Waals surface area contributed by atoms with Crippen LogP contribution in [0.2, 0.25) is 0 Å². The van der Waals surface area contributed by atoms with Crippen LogP contribution < -0.4 is 5.73 Å². The van der Waals surface area contributed by atoms with Gasteiger partial charge in [0.1, 0.15) is 0 Å². The van der Waals surface area contributed by atoms with Crippen molar-refractivity contribution in [1.29, 1.82) is 0 Å². The zero-order valence-electron chi connectivity index (χ0n) is 10.1. The molecule has 0 bridgehead atoms. The first kappa shape index (κ1) is 14.0. The fourth-order valence-corrected chi connectivity index (χ4v) is 2.81. The summed E-state index contributed by atoms with van der Waals surface area (Å²) in [6.07, 6.45) is 0. The van der Waals surface area contributed by atoms with Crippen molar-refractivity contribution in [3.63, 3.8) is 0 Å². The van der Waals surface area contributed by atoms with E-state index in [0.29, 0.717) is 0 Å². The predicted molar refractivity (Wildman–Crippen MR) is 82.7 cm³/mol. The van der Waals surface area contributed by atoms with Crippen LogP contribution in [0.5, 0.6) is 0 Å². The van der Waals surface area contributed by atoms with Gasteiger partial charge in [-0.15, -0.1) is 11.8 Å². The Labute approximate surface area is 124 Å². The highest BCUT2D eigenvalue weighted by Crippen LogP contribution is 2.25. The first-order chi connectivity index (χ1) is 9.20. The Hall–Kier alpha value is -1.46. The summed E-state index contributed by atoms with van der Waals surface area (Å²) >= 11 is 5.12. The van der Waals surface area contributed by atoms with Crippen LogP contribution in [0.1, 0.15) is 11.1 Å². The van der Waals surface area contributed by atoms with Gasteiger partial charge in [0.05, 0.1) is 0 Å². The third-order valence-corrected chi connectivity index (χ3v) is 4.20. The largest absolute Gasteiger partial charge is 0.409 e. The van der Waals surface area contributed by atoms with Crippen LogP contribution >= 0.6 is 27.7 Å². The quantitative estimate of drug-likeness (QED) is 0.293. The molecule has 0 aliphatic heterocycles. The maximum atomic E-state index is 8.78. The second-order valence-electron chi connectivity index (χ2n) is 3.88. The van der Waals surface area contributed by atoms with Gasteiger partial charge in [0, 0.05) is 20.7 Å². The molecule has 2 aromatic carbocycles. The standard InChI is InChI=1S/C14H13BrN2OS/c15-11-5-7-12(8-6-11)19-9-10-3-1-2-4-13(10)14(16)17-18/h1-8,18H,9H2,(H2,16,17). The van der Waals surface area contributed by atoms with Crippen molar-refractivity contribution >= 4 is 33.5 Å². The Morgan fingerprint density at radius 1 is 1.16 bits per heavy atom. The van der Waals surface area contributed by atoms with Crippen LogP contribution in [-0.2, 0) is 5.75 Å². The molecule has 0 aliphatic rings. The topological polar surface area (TPSA) is 58.6 Å². The van der Waals surface area contributed by atoms with E-state index < -0.39 is 0 Å². The van der Waals surface area contributed by atoms with E-state index in [2.05, 4.69) is 33.2 Å². The number of hydrogen-bond acceptors (Lipinski definition) is 3. The average molecular weight is 337 g/mol.